The monoisotopic (exact) mass is 313 g/mol. The van der Waals surface area contributed by atoms with Crippen molar-refractivity contribution in [1.29, 1.82) is 0 Å². The van der Waals surface area contributed by atoms with E-state index in [-0.39, 0.29) is 17.3 Å². The molecular formula is C13H19N3O2S2. The highest BCUT2D eigenvalue weighted by Gasteiger charge is 2.33. The second kappa shape index (κ2) is 6.30. The maximum atomic E-state index is 11.6. The standard InChI is InChI=1S/C13H19N3O2S2/c1-8-7-10(11(17)18-8)19-13-16-15-12(20-13)14-9-5-3-2-4-6-9/h8-10H,2-7H2,1H3,(H,14,15)/t8-,10+/m1/s1. The Kier molecular flexibility index (Phi) is 4.45. The molecule has 1 saturated carbocycles. The number of anilines is 1. The molecule has 1 N–H and O–H groups in total. The summed E-state index contributed by atoms with van der Waals surface area (Å²) in [4.78, 5) is 11.6. The lowest BCUT2D eigenvalue weighted by Gasteiger charge is -2.21. The summed E-state index contributed by atoms with van der Waals surface area (Å²) in [6, 6.07) is 0.533. The zero-order valence-electron chi connectivity index (χ0n) is 11.5. The van der Waals surface area contributed by atoms with Crippen molar-refractivity contribution in [2.45, 2.75) is 67.2 Å². The fraction of sp³-hybridized carbons (Fsp3) is 0.769. The van der Waals surface area contributed by atoms with Crippen LogP contribution >= 0.6 is 23.1 Å². The van der Waals surface area contributed by atoms with Crippen molar-refractivity contribution >= 4 is 34.2 Å². The van der Waals surface area contributed by atoms with E-state index < -0.39 is 0 Å². The Balaban J connectivity index is 1.55. The molecule has 0 spiro atoms. The first-order chi connectivity index (χ1) is 9.70. The van der Waals surface area contributed by atoms with E-state index in [4.69, 9.17) is 4.74 Å². The van der Waals surface area contributed by atoms with Crippen molar-refractivity contribution < 1.29 is 9.53 Å². The predicted octanol–water partition coefficient (Wildman–Crippen LogP) is 3.08. The molecule has 5 nitrogen and oxygen atoms in total. The van der Waals surface area contributed by atoms with E-state index in [0.717, 1.165) is 15.9 Å². The van der Waals surface area contributed by atoms with Gasteiger partial charge in [0.1, 0.15) is 11.4 Å². The molecule has 1 aromatic heterocycles. The van der Waals surface area contributed by atoms with Crippen LogP contribution < -0.4 is 5.32 Å². The molecular weight excluding hydrogens is 294 g/mol. The van der Waals surface area contributed by atoms with Crippen LogP contribution in [0.4, 0.5) is 5.13 Å². The molecule has 2 atom stereocenters. The number of nitrogens with zero attached hydrogens (tertiary/aromatic N) is 2. The van der Waals surface area contributed by atoms with Gasteiger partial charge in [-0.1, -0.05) is 42.4 Å². The normalized spacial score (nSPS) is 27.6. The van der Waals surface area contributed by atoms with Gasteiger partial charge in [0.2, 0.25) is 5.13 Å². The molecule has 0 bridgehead atoms. The maximum absolute atomic E-state index is 11.6. The molecule has 20 heavy (non-hydrogen) atoms. The van der Waals surface area contributed by atoms with Crippen LogP contribution in [0.1, 0.15) is 45.4 Å². The number of carbonyl (C=O) groups is 1. The van der Waals surface area contributed by atoms with Crippen LogP contribution in [-0.2, 0) is 9.53 Å². The average molecular weight is 313 g/mol. The molecule has 7 heteroatoms. The highest BCUT2D eigenvalue weighted by atomic mass is 32.2. The van der Waals surface area contributed by atoms with Gasteiger partial charge >= 0.3 is 5.97 Å². The van der Waals surface area contributed by atoms with Crippen LogP contribution in [0.2, 0.25) is 0 Å². The second-order valence-electron chi connectivity index (χ2n) is 5.44. The molecule has 1 aromatic rings. The van der Waals surface area contributed by atoms with E-state index in [2.05, 4.69) is 15.5 Å². The molecule has 1 aliphatic carbocycles. The lowest BCUT2D eigenvalue weighted by molar-refractivity contribution is -0.140. The van der Waals surface area contributed by atoms with E-state index in [1.54, 1.807) is 0 Å². The summed E-state index contributed by atoms with van der Waals surface area (Å²) in [6.07, 6.45) is 7.15. The van der Waals surface area contributed by atoms with Crippen molar-refractivity contribution in [2.75, 3.05) is 5.32 Å². The van der Waals surface area contributed by atoms with Crippen molar-refractivity contribution in [3.63, 3.8) is 0 Å². The Bertz CT molecular complexity index is 474. The quantitative estimate of drug-likeness (QED) is 0.862. The average Bonchev–Trinajstić information content (AvgIpc) is 2.98. The lowest BCUT2D eigenvalue weighted by Crippen LogP contribution is -2.21. The zero-order chi connectivity index (χ0) is 13.9. The van der Waals surface area contributed by atoms with Gasteiger partial charge in [0.25, 0.3) is 0 Å². The molecule has 0 radical (unpaired) electrons. The summed E-state index contributed by atoms with van der Waals surface area (Å²) in [5, 5.41) is 12.6. The Morgan fingerprint density at radius 2 is 2.10 bits per heavy atom. The third-order valence-electron chi connectivity index (χ3n) is 3.71. The number of cyclic esters (lactones) is 1. The summed E-state index contributed by atoms with van der Waals surface area (Å²) in [7, 11) is 0. The first-order valence-electron chi connectivity index (χ1n) is 7.18. The molecule has 110 valence electrons. The van der Waals surface area contributed by atoms with Crippen LogP contribution in [-0.4, -0.2) is 33.6 Å². The third-order valence-corrected chi connectivity index (χ3v) is 5.85. The Labute approximate surface area is 126 Å². The van der Waals surface area contributed by atoms with Gasteiger partial charge in [-0.25, -0.2) is 0 Å². The molecule has 0 unspecified atom stereocenters. The number of carbonyl (C=O) groups excluding carboxylic acids is 1. The number of thioether (sulfide) groups is 1. The van der Waals surface area contributed by atoms with Crippen LogP contribution in [0.3, 0.4) is 0 Å². The minimum absolute atomic E-state index is 0.0211. The first kappa shape index (κ1) is 14.1. The Morgan fingerprint density at radius 1 is 1.30 bits per heavy atom. The number of rotatable bonds is 4. The predicted molar refractivity (Wildman–Crippen MR) is 80.2 cm³/mol. The molecule has 0 aromatic carbocycles. The Morgan fingerprint density at radius 3 is 2.80 bits per heavy atom. The smallest absolute Gasteiger partial charge is 0.319 e. The number of aromatic nitrogens is 2. The van der Waals surface area contributed by atoms with Gasteiger partial charge in [-0.15, -0.1) is 10.2 Å². The molecule has 3 rings (SSSR count). The summed E-state index contributed by atoms with van der Waals surface area (Å²) < 4.78 is 6.00. The molecule has 2 heterocycles. The van der Waals surface area contributed by atoms with Crippen molar-refractivity contribution in [3.8, 4) is 0 Å². The van der Waals surface area contributed by atoms with Crippen LogP contribution in [0.25, 0.3) is 0 Å². The first-order valence-corrected chi connectivity index (χ1v) is 8.87. The van der Waals surface area contributed by atoms with Gasteiger partial charge in [-0.05, 0) is 19.8 Å². The molecule has 0 amide bonds. The summed E-state index contributed by atoms with van der Waals surface area (Å²) >= 11 is 3.01. The van der Waals surface area contributed by atoms with E-state index >= 15 is 0 Å². The van der Waals surface area contributed by atoms with Crippen molar-refractivity contribution in [3.05, 3.63) is 0 Å². The summed E-state index contributed by atoms with van der Waals surface area (Å²) in [5.74, 6) is -0.125. The minimum Gasteiger partial charge on any atom is -0.462 e. The number of hydrogen-bond donors (Lipinski definition) is 1. The van der Waals surface area contributed by atoms with Crippen LogP contribution in [0.5, 0.6) is 0 Å². The third kappa shape index (κ3) is 3.44. The van der Waals surface area contributed by atoms with E-state index in [9.17, 15) is 4.79 Å². The highest BCUT2D eigenvalue weighted by Crippen LogP contribution is 2.35. The number of esters is 1. The minimum atomic E-state index is -0.125. The van der Waals surface area contributed by atoms with Crippen LogP contribution in [0, 0.1) is 0 Å². The van der Waals surface area contributed by atoms with Gasteiger partial charge in [-0.2, -0.15) is 0 Å². The van der Waals surface area contributed by atoms with Crippen molar-refractivity contribution in [1.82, 2.24) is 10.2 Å². The largest absolute Gasteiger partial charge is 0.462 e. The molecule has 2 fully saturated rings. The molecule has 2 aliphatic rings. The van der Waals surface area contributed by atoms with Crippen LogP contribution in [0.15, 0.2) is 4.34 Å². The SMILES string of the molecule is C[C@@H]1C[C@H](Sc2nnc(NC3CCCCC3)s2)C(=O)O1. The van der Waals surface area contributed by atoms with Gasteiger partial charge in [0, 0.05) is 12.5 Å². The summed E-state index contributed by atoms with van der Waals surface area (Å²) in [6.45, 7) is 1.93. The van der Waals surface area contributed by atoms with Gasteiger partial charge < -0.3 is 10.1 Å². The van der Waals surface area contributed by atoms with Gasteiger partial charge in [0.05, 0.1) is 0 Å². The van der Waals surface area contributed by atoms with Gasteiger partial charge in [0.15, 0.2) is 4.34 Å². The highest BCUT2D eigenvalue weighted by molar-refractivity contribution is 8.02. The van der Waals surface area contributed by atoms with E-state index in [1.165, 1.54) is 55.2 Å². The molecule has 1 aliphatic heterocycles. The Hall–Kier alpha value is -0.820. The zero-order valence-corrected chi connectivity index (χ0v) is 13.1. The van der Waals surface area contributed by atoms with E-state index in [1.807, 2.05) is 6.92 Å². The maximum Gasteiger partial charge on any atom is 0.319 e. The topological polar surface area (TPSA) is 64.1 Å². The van der Waals surface area contributed by atoms with E-state index in [0.29, 0.717) is 6.04 Å². The lowest BCUT2D eigenvalue weighted by atomic mass is 9.96. The van der Waals surface area contributed by atoms with Crippen molar-refractivity contribution in [2.24, 2.45) is 0 Å². The second-order valence-corrected chi connectivity index (χ2v) is 7.87. The fourth-order valence-electron chi connectivity index (χ4n) is 2.68. The fourth-order valence-corrected chi connectivity index (χ4v) is 4.86. The molecule has 1 saturated heterocycles. The van der Waals surface area contributed by atoms with Gasteiger partial charge in [-0.3, -0.25) is 4.79 Å². The number of ether oxygens (including phenoxy) is 1. The summed E-state index contributed by atoms with van der Waals surface area (Å²) in [5.41, 5.74) is 0. The number of nitrogens with one attached hydrogen (secondary N) is 1. The number of hydrogen-bond acceptors (Lipinski definition) is 7.